The van der Waals surface area contributed by atoms with Crippen molar-refractivity contribution in [1.29, 1.82) is 0 Å². The Balaban J connectivity index is 1.53. The van der Waals surface area contributed by atoms with Crippen LogP contribution in [0.1, 0.15) is 42.3 Å². The zero-order valence-electron chi connectivity index (χ0n) is 21.1. The molecule has 5 nitrogen and oxygen atoms in total. The molecular formula is C28H32F5N3O2. The summed E-state index contributed by atoms with van der Waals surface area (Å²) in [4.78, 5) is 3.31. The second-order valence-corrected chi connectivity index (χ2v) is 10.6. The summed E-state index contributed by atoms with van der Waals surface area (Å²) in [6, 6.07) is 9.66. The summed E-state index contributed by atoms with van der Waals surface area (Å²) >= 11 is 0. The lowest BCUT2D eigenvalue weighted by Gasteiger charge is -2.43. The van der Waals surface area contributed by atoms with Crippen LogP contribution in [0.4, 0.5) is 22.0 Å². The second kappa shape index (κ2) is 10.6. The number of aromatic nitrogens is 1. The van der Waals surface area contributed by atoms with E-state index in [2.05, 4.69) is 0 Å². The van der Waals surface area contributed by atoms with E-state index in [4.69, 9.17) is 0 Å². The Kier molecular flexibility index (Phi) is 7.52. The van der Waals surface area contributed by atoms with E-state index < -0.39 is 55.6 Å². The topological polar surface area (TPSA) is 51.9 Å². The summed E-state index contributed by atoms with van der Waals surface area (Å²) in [6.45, 7) is 0.916. The first-order valence-corrected chi connectivity index (χ1v) is 12.9. The van der Waals surface area contributed by atoms with E-state index >= 15 is 8.78 Å². The largest absolute Gasteiger partial charge is 0.390 e. The van der Waals surface area contributed by atoms with Gasteiger partial charge in [-0.3, -0.25) is 9.29 Å². The zero-order chi connectivity index (χ0) is 27.2. The molecule has 0 saturated carbocycles. The monoisotopic (exact) mass is 537 g/mol. The van der Waals surface area contributed by atoms with E-state index in [9.17, 15) is 23.4 Å². The summed E-state index contributed by atoms with van der Waals surface area (Å²) in [6.07, 6.45) is -0.718. The van der Waals surface area contributed by atoms with E-state index in [1.165, 1.54) is 4.90 Å². The van der Waals surface area contributed by atoms with Gasteiger partial charge in [-0.15, -0.1) is 0 Å². The van der Waals surface area contributed by atoms with Gasteiger partial charge in [-0.2, -0.15) is 0 Å². The first-order chi connectivity index (χ1) is 18.1. The van der Waals surface area contributed by atoms with E-state index in [0.29, 0.717) is 38.3 Å². The Bertz CT molecular complexity index is 1270. The summed E-state index contributed by atoms with van der Waals surface area (Å²) in [7, 11) is 0. The predicted octanol–water partition coefficient (Wildman–Crippen LogP) is 4.67. The molecule has 1 fully saturated rings. The summed E-state index contributed by atoms with van der Waals surface area (Å²) < 4.78 is 74.8. The van der Waals surface area contributed by atoms with Crippen LogP contribution in [-0.4, -0.2) is 76.0 Å². The van der Waals surface area contributed by atoms with E-state index in [-0.39, 0.29) is 17.0 Å². The lowest BCUT2D eigenvalue weighted by atomic mass is 9.87. The van der Waals surface area contributed by atoms with Gasteiger partial charge in [-0.1, -0.05) is 18.2 Å². The number of nitrogens with zero attached hydrogens (tertiary/aromatic N) is 3. The quantitative estimate of drug-likeness (QED) is 0.390. The molecule has 0 bridgehead atoms. The minimum atomic E-state index is -3.47. The van der Waals surface area contributed by atoms with Crippen LogP contribution in [0.15, 0.2) is 42.5 Å². The highest BCUT2D eigenvalue weighted by atomic mass is 19.3. The molecule has 1 unspecified atom stereocenters. The number of rotatable bonds is 9. The normalized spacial score (nSPS) is 22.0. The van der Waals surface area contributed by atoms with Crippen LogP contribution >= 0.6 is 0 Å². The van der Waals surface area contributed by atoms with Gasteiger partial charge in [0.25, 0.3) is 5.92 Å². The molecule has 2 aliphatic rings. The minimum absolute atomic E-state index is 0.0792. The van der Waals surface area contributed by atoms with Crippen LogP contribution in [0.3, 0.4) is 0 Å². The van der Waals surface area contributed by atoms with Crippen LogP contribution in [0, 0.1) is 17.6 Å². The molecule has 5 rings (SSSR count). The van der Waals surface area contributed by atoms with Crippen LogP contribution in [0.2, 0.25) is 0 Å². The number of hydrogen-bond donors (Lipinski definition) is 2. The number of aliphatic hydroxyl groups excluding tert-OH is 2. The molecule has 0 amide bonds. The van der Waals surface area contributed by atoms with Crippen molar-refractivity contribution in [3.05, 3.63) is 70.9 Å². The molecule has 10 heteroatoms. The van der Waals surface area contributed by atoms with Gasteiger partial charge in [0, 0.05) is 54.9 Å². The third kappa shape index (κ3) is 4.95. The predicted molar refractivity (Wildman–Crippen MR) is 134 cm³/mol. The highest BCUT2D eigenvalue weighted by Gasteiger charge is 2.43. The third-order valence-corrected chi connectivity index (χ3v) is 7.87. The fourth-order valence-corrected chi connectivity index (χ4v) is 5.92. The van der Waals surface area contributed by atoms with Crippen molar-refractivity contribution >= 4 is 10.9 Å². The lowest BCUT2D eigenvalue weighted by molar-refractivity contribution is -0.0896. The summed E-state index contributed by atoms with van der Waals surface area (Å²) in [5, 5.41) is 20.9. The minimum Gasteiger partial charge on any atom is -0.390 e. The van der Waals surface area contributed by atoms with Crippen LogP contribution < -0.4 is 0 Å². The first kappa shape index (κ1) is 27.1. The average molecular weight is 538 g/mol. The van der Waals surface area contributed by atoms with E-state index in [1.807, 2.05) is 33.7 Å². The maximum absolute atomic E-state index is 15.8. The molecule has 3 aromatic rings. The fraction of sp³-hybridized carbons (Fsp3) is 0.500. The number of hydrogen-bond acceptors (Lipinski definition) is 4. The molecule has 0 spiro atoms. The molecule has 3 atom stereocenters. The molecule has 1 saturated heterocycles. The molecule has 1 aromatic heterocycles. The Morgan fingerprint density at radius 3 is 2.39 bits per heavy atom. The first-order valence-electron chi connectivity index (χ1n) is 12.9. The van der Waals surface area contributed by atoms with Crippen LogP contribution in [0.5, 0.6) is 0 Å². The van der Waals surface area contributed by atoms with E-state index in [1.54, 1.807) is 13.0 Å². The van der Waals surface area contributed by atoms with Gasteiger partial charge in [0.05, 0.1) is 25.4 Å². The van der Waals surface area contributed by atoms with Crippen molar-refractivity contribution < 1.29 is 32.2 Å². The van der Waals surface area contributed by atoms with Crippen molar-refractivity contribution in [2.24, 2.45) is 5.92 Å². The van der Waals surface area contributed by atoms with Crippen molar-refractivity contribution in [1.82, 2.24) is 14.4 Å². The standard InChI is InChI=1S/C28H32F5N3O2/c1-17-12-35-23-6-3-2-5-18(23)11-24(35)26(36(17)15-28(32,33)16-37)25-21(30)9-19(10-22(25)31)27(38)20-13-34(14-20)8-4-7-29/h2-3,5-6,9-11,17,20,26-27,37-38H,4,7-8,12-16H2,1H3/t17-,26+,27?/m1/s1. The number of fused-ring (bicyclic) bond motifs is 3. The van der Waals surface area contributed by atoms with Gasteiger partial charge >= 0.3 is 0 Å². The lowest BCUT2D eigenvalue weighted by Crippen LogP contribution is -2.51. The summed E-state index contributed by atoms with van der Waals surface area (Å²) in [5.74, 6) is -5.57. The maximum Gasteiger partial charge on any atom is 0.283 e. The number of aliphatic hydroxyl groups is 2. The number of halogens is 5. The number of benzene rings is 2. The van der Waals surface area contributed by atoms with Crippen molar-refractivity contribution in [2.45, 2.75) is 44.0 Å². The highest BCUT2D eigenvalue weighted by Crippen LogP contribution is 2.42. The fourth-order valence-electron chi connectivity index (χ4n) is 5.92. The molecule has 2 N–H and O–H groups in total. The zero-order valence-corrected chi connectivity index (χ0v) is 21.1. The molecule has 0 radical (unpaired) electrons. The maximum atomic E-state index is 15.8. The van der Waals surface area contributed by atoms with Crippen molar-refractivity contribution in [3.63, 3.8) is 0 Å². The molecule has 206 valence electrons. The van der Waals surface area contributed by atoms with Crippen molar-refractivity contribution in [3.8, 4) is 0 Å². The molecule has 0 aliphatic carbocycles. The third-order valence-electron chi connectivity index (χ3n) is 7.87. The Morgan fingerprint density at radius 2 is 1.74 bits per heavy atom. The van der Waals surface area contributed by atoms with Gasteiger partial charge < -0.3 is 19.7 Å². The van der Waals surface area contributed by atoms with Gasteiger partial charge in [0.15, 0.2) is 0 Å². The van der Waals surface area contributed by atoms with Gasteiger partial charge in [-0.05, 0) is 48.6 Å². The Hall–Kier alpha value is -2.53. The molecule has 2 aliphatic heterocycles. The Morgan fingerprint density at radius 1 is 1.05 bits per heavy atom. The van der Waals surface area contributed by atoms with Gasteiger partial charge in [0.1, 0.15) is 18.2 Å². The molecular weight excluding hydrogens is 505 g/mol. The Labute approximate surface area is 218 Å². The number of likely N-dealkylation sites (tertiary alicyclic amines) is 1. The smallest absolute Gasteiger partial charge is 0.283 e. The van der Waals surface area contributed by atoms with Crippen LogP contribution in [-0.2, 0) is 6.54 Å². The number of para-hydroxylation sites is 1. The van der Waals surface area contributed by atoms with Crippen LogP contribution in [0.25, 0.3) is 10.9 Å². The molecule has 2 aromatic carbocycles. The van der Waals surface area contributed by atoms with Gasteiger partial charge in [0.2, 0.25) is 0 Å². The van der Waals surface area contributed by atoms with Gasteiger partial charge in [-0.25, -0.2) is 17.6 Å². The summed E-state index contributed by atoms with van der Waals surface area (Å²) in [5.41, 5.74) is 1.02. The SMILES string of the molecule is C[C@@H]1Cn2c(cc3ccccc32)[C@@H](c2c(F)cc(C(O)C3CN(CCCF)C3)cc2F)N1CC(F)(F)CO. The molecule has 3 heterocycles. The van der Waals surface area contributed by atoms with Crippen molar-refractivity contribution in [2.75, 3.05) is 39.5 Å². The average Bonchev–Trinajstić information content (AvgIpc) is 3.22. The second-order valence-electron chi connectivity index (χ2n) is 10.6. The number of alkyl halides is 3. The van der Waals surface area contributed by atoms with E-state index in [0.717, 1.165) is 23.0 Å². The highest BCUT2D eigenvalue weighted by molar-refractivity contribution is 5.82. The molecule has 38 heavy (non-hydrogen) atoms.